The number of fused-ring (bicyclic) bond motifs is 1. The fourth-order valence-corrected chi connectivity index (χ4v) is 6.00. The number of hydrogen-bond acceptors (Lipinski definition) is 8. The summed E-state index contributed by atoms with van der Waals surface area (Å²) in [5, 5.41) is 12.2. The van der Waals surface area contributed by atoms with Crippen molar-refractivity contribution in [3.8, 4) is 11.4 Å². The van der Waals surface area contributed by atoms with Crippen LogP contribution in [-0.2, 0) is 22.4 Å². The average Bonchev–Trinajstić information content (AvgIpc) is 3.41. The number of nitrogens with zero attached hydrogens (tertiary/aromatic N) is 3. The van der Waals surface area contributed by atoms with Gasteiger partial charge >= 0.3 is 5.97 Å². The van der Waals surface area contributed by atoms with Gasteiger partial charge in [0.05, 0.1) is 30.7 Å². The van der Waals surface area contributed by atoms with E-state index in [1.54, 1.807) is 24.9 Å². The van der Waals surface area contributed by atoms with Gasteiger partial charge in [-0.1, -0.05) is 30.8 Å². The first kappa shape index (κ1) is 23.3. The molecule has 1 N–H and O–H groups in total. The minimum atomic E-state index is -0.372. The quantitative estimate of drug-likeness (QED) is 0.373. The molecule has 1 atom stereocenters. The Hall–Kier alpha value is -2.85. The highest BCUT2D eigenvalue weighted by Gasteiger charge is 2.29. The van der Waals surface area contributed by atoms with Crippen LogP contribution in [0, 0.1) is 5.92 Å². The van der Waals surface area contributed by atoms with Crippen molar-refractivity contribution in [2.75, 3.05) is 24.8 Å². The Morgan fingerprint density at radius 1 is 1.33 bits per heavy atom. The number of methoxy groups -OCH3 is 1. The summed E-state index contributed by atoms with van der Waals surface area (Å²) >= 11 is 2.75. The third-order valence-corrected chi connectivity index (χ3v) is 7.55. The predicted molar refractivity (Wildman–Crippen MR) is 129 cm³/mol. The van der Waals surface area contributed by atoms with Crippen molar-refractivity contribution in [1.82, 2.24) is 14.8 Å². The Kier molecular flexibility index (Phi) is 7.34. The Labute approximate surface area is 200 Å². The monoisotopic (exact) mass is 486 g/mol. The van der Waals surface area contributed by atoms with Crippen LogP contribution < -0.4 is 10.1 Å². The van der Waals surface area contributed by atoms with Gasteiger partial charge in [0.2, 0.25) is 5.91 Å². The van der Waals surface area contributed by atoms with Crippen LogP contribution in [0.4, 0.5) is 5.00 Å². The molecule has 2 heterocycles. The molecule has 0 fully saturated rings. The maximum Gasteiger partial charge on any atom is 0.341 e. The summed E-state index contributed by atoms with van der Waals surface area (Å²) in [5.74, 6) is 0.776. The van der Waals surface area contributed by atoms with E-state index in [-0.39, 0.29) is 17.6 Å². The highest BCUT2D eigenvalue weighted by molar-refractivity contribution is 7.99. The molecular formula is C23H26N4O4S2. The van der Waals surface area contributed by atoms with Crippen molar-refractivity contribution in [3.05, 3.63) is 46.6 Å². The second-order valence-corrected chi connectivity index (χ2v) is 9.82. The van der Waals surface area contributed by atoms with E-state index in [2.05, 4.69) is 22.4 Å². The van der Waals surface area contributed by atoms with Gasteiger partial charge in [0.1, 0.15) is 17.1 Å². The molecule has 1 unspecified atom stereocenters. The lowest BCUT2D eigenvalue weighted by Gasteiger charge is -2.18. The number of hydrogen-bond donors (Lipinski definition) is 1. The average molecular weight is 487 g/mol. The van der Waals surface area contributed by atoms with E-state index in [9.17, 15) is 9.59 Å². The standard InChI is InChI=1S/C23H26N4O4S2/c1-4-31-22(29)20-15-10-9-14(2)11-18(15)33-21(20)25-19(28)12-32-23-26-24-13-27(23)16-7-5-6-8-17(16)30-3/h5-8,13-14H,4,9-12H2,1-3H3,(H,25,28). The third-order valence-electron chi connectivity index (χ3n) is 5.44. The van der Waals surface area contributed by atoms with Crippen molar-refractivity contribution >= 4 is 40.0 Å². The SMILES string of the molecule is CCOC(=O)c1c(NC(=O)CSc2nncn2-c2ccccc2OC)sc2c1CCC(C)C2. The molecule has 10 heteroatoms. The van der Waals surface area contributed by atoms with Gasteiger partial charge in [-0.15, -0.1) is 21.5 Å². The number of thiophene rings is 1. The second kappa shape index (κ2) is 10.4. The number of anilines is 1. The molecule has 1 amide bonds. The minimum absolute atomic E-state index is 0.120. The lowest BCUT2D eigenvalue weighted by atomic mass is 9.88. The van der Waals surface area contributed by atoms with Crippen molar-refractivity contribution in [2.24, 2.45) is 5.92 Å². The molecule has 0 aliphatic heterocycles. The maximum atomic E-state index is 12.8. The molecule has 4 rings (SSSR count). The van der Waals surface area contributed by atoms with Gasteiger partial charge in [-0.3, -0.25) is 9.36 Å². The Morgan fingerprint density at radius 3 is 2.94 bits per heavy atom. The number of esters is 1. The van der Waals surface area contributed by atoms with E-state index >= 15 is 0 Å². The van der Waals surface area contributed by atoms with Gasteiger partial charge in [-0.2, -0.15) is 0 Å². The van der Waals surface area contributed by atoms with Crippen LogP contribution in [-0.4, -0.2) is 46.1 Å². The molecule has 0 saturated carbocycles. The van der Waals surface area contributed by atoms with Crippen LogP contribution in [0.5, 0.6) is 5.75 Å². The molecule has 0 saturated heterocycles. The molecule has 33 heavy (non-hydrogen) atoms. The number of nitrogens with one attached hydrogen (secondary N) is 1. The highest BCUT2D eigenvalue weighted by atomic mass is 32.2. The first-order valence-corrected chi connectivity index (χ1v) is 12.6. The second-order valence-electron chi connectivity index (χ2n) is 7.77. The number of carbonyl (C=O) groups excluding carboxylic acids is 2. The van der Waals surface area contributed by atoms with Crippen molar-refractivity contribution in [3.63, 3.8) is 0 Å². The maximum absolute atomic E-state index is 12.8. The number of amides is 1. The molecular weight excluding hydrogens is 460 g/mol. The van der Waals surface area contributed by atoms with Gasteiger partial charge in [0.25, 0.3) is 0 Å². The Bertz CT molecular complexity index is 1160. The number of ether oxygens (including phenoxy) is 2. The number of aromatic nitrogens is 3. The van der Waals surface area contributed by atoms with Crippen LogP contribution in [0.1, 0.15) is 41.1 Å². The van der Waals surface area contributed by atoms with E-state index in [1.807, 2.05) is 24.3 Å². The third kappa shape index (κ3) is 5.06. The summed E-state index contributed by atoms with van der Waals surface area (Å²) in [6, 6.07) is 7.53. The number of benzene rings is 1. The van der Waals surface area contributed by atoms with Gasteiger partial charge < -0.3 is 14.8 Å². The van der Waals surface area contributed by atoms with Crippen LogP contribution >= 0.6 is 23.1 Å². The fraction of sp³-hybridized carbons (Fsp3) is 0.391. The van der Waals surface area contributed by atoms with E-state index in [0.717, 1.165) is 35.4 Å². The molecule has 1 aliphatic carbocycles. The normalized spacial score (nSPS) is 15.1. The largest absolute Gasteiger partial charge is 0.495 e. The van der Waals surface area contributed by atoms with E-state index in [0.29, 0.717) is 34.0 Å². The number of para-hydroxylation sites is 2. The molecule has 8 nitrogen and oxygen atoms in total. The number of carbonyl (C=O) groups is 2. The molecule has 3 aromatic rings. The van der Waals surface area contributed by atoms with Crippen LogP contribution in [0.3, 0.4) is 0 Å². The van der Waals surface area contributed by atoms with Gasteiger partial charge in [-0.25, -0.2) is 4.79 Å². The zero-order chi connectivity index (χ0) is 23.4. The fourth-order valence-electron chi connectivity index (χ4n) is 3.87. The van der Waals surface area contributed by atoms with Crippen LogP contribution in [0.25, 0.3) is 5.69 Å². The van der Waals surface area contributed by atoms with Gasteiger partial charge in [-0.05, 0) is 49.8 Å². The lowest BCUT2D eigenvalue weighted by molar-refractivity contribution is -0.113. The number of rotatable bonds is 8. The van der Waals surface area contributed by atoms with E-state index in [1.165, 1.54) is 23.1 Å². The van der Waals surface area contributed by atoms with Crippen LogP contribution in [0.2, 0.25) is 0 Å². The van der Waals surface area contributed by atoms with Crippen LogP contribution in [0.15, 0.2) is 35.7 Å². The first-order chi connectivity index (χ1) is 16.0. The number of thioether (sulfide) groups is 1. The van der Waals surface area contributed by atoms with Crippen molar-refractivity contribution in [2.45, 2.75) is 38.3 Å². The minimum Gasteiger partial charge on any atom is -0.495 e. The van der Waals surface area contributed by atoms with Gasteiger partial charge in [0, 0.05) is 4.88 Å². The summed E-state index contributed by atoms with van der Waals surface area (Å²) < 4.78 is 12.5. The van der Waals surface area contributed by atoms with E-state index < -0.39 is 0 Å². The molecule has 0 bridgehead atoms. The molecule has 0 radical (unpaired) electrons. The summed E-state index contributed by atoms with van der Waals surface area (Å²) in [4.78, 5) is 26.7. The summed E-state index contributed by atoms with van der Waals surface area (Å²) in [6.07, 6.45) is 4.36. The van der Waals surface area contributed by atoms with Crippen molar-refractivity contribution in [1.29, 1.82) is 0 Å². The Morgan fingerprint density at radius 2 is 2.15 bits per heavy atom. The molecule has 174 valence electrons. The van der Waals surface area contributed by atoms with Crippen molar-refractivity contribution < 1.29 is 19.1 Å². The summed E-state index contributed by atoms with van der Waals surface area (Å²) in [7, 11) is 1.60. The molecule has 1 aromatic carbocycles. The topological polar surface area (TPSA) is 95.3 Å². The first-order valence-electron chi connectivity index (χ1n) is 10.8. The zero-order valence-corrected chi connectivity index (χ0v) is 20.4. The zero-order valence-electron chi connectivity index (χ0n) is 18.8. The molecule has 0 spiro atoms. The summed E-state index contributed by atoms with van der Waals surface area (Å²) in [5.41, 5.74) is 2.33. The molecule has 1 aliphatic rings. The Balaban J connectivity index is 1.50. The molecule has 2 aromatic heterocycles. The predicted octanol–water partition coefficient (Wildman–Crippen LogP) is 4.37. The summed E-state index contributed by atoms with van der Waals surface area (Å²) in [6.45, 7) is 4.28. The lowest BCUT2D eigenvalue weighted by Crippen LogP contribution is -2.18. The highest BCUT2D eigenvalue weighted by Crippen LogP contribution is 2.40. The van der Waals surface area contributed by atoms with Gasteiger partial charge in [0.15, 0.2) is 5.16 Å². The van der Waals surface area contributed by atoms with E-state index in [4.69, 9.17) is 9.47 Å². The smallest absolute Gasteiger partial charge is 0.341 e.